The maximum absolute atomic E-state index is 15.1. The number of piperidine rings is 1. The zero-order valence-electron chi connectivity index (χ0n) is 18.4. The molecule has 5 nitrogen and oxygen atoms in total. The van der Waals surface area contributed by atoms with E-state index < -0.39 is 49.2 Å². The number of nitrogens with zero attached hydrogens (tertiary/aromatic N) is 1. The minimum Gasteiger partial charge on any atom is -0.444 e. The molecule has 0 saturated carbocycles. The Balaban J connectivity index is 1.74. The normalized spacial score (nSPS) is 16.0. The molecule has 0 atom stereocenters. The van der Waals surface area contributed by atoms with E-state index in [9.17, 15) is 22.0 Å². The molecule has 0 aliphatic carbocycles. The zero-order chi connectivity index (χ0) is 24.6. The molecule has 1 aliphatic rings. The van der Waals surface area contributed by atoms with Crippen LogP contribution in [-0.2, 0) is 14.6 Å². The monoisotopic (exact) mass is 487 g/mol. The second-order valence-corrected chi connectivity index (χ2v) is 11.0. The first-order valence-electron chi connectivity index (χ1n) is 10.4. The molecule has 1 aliphatic heterocycles. The number of sulfone groups is 1. The number of halogens is 4. The van der Waals surface area contributed by atoms with Crippen molar-refractivity contribution >= 4 is 15.9 Å². The standard InChI is InChI=1S/C23H25F4NO4S/c1-22(2,3)32-21(29)28-12-10-16(11-13-28)23(26,27)33(30,31)18-7-4-15(5-8-18)19-9-6-17(24)14-20(19)25/h4-9,14,16H,10-13H2,1-3H3. The Bertz CT molecular complexity index is 1120. The van der Waals surface area contributed by atoms with E-state index in [0.717, 1.165) is 18.2 Å². The topological polar surface area (TPSA) is 63.7 Å². The molecule has 1 amide bonds. The van der Waals surface area contributed by atoms with Crippen LogP contribution in [-0.4, -0.2) is 43.4 Å². The molecule has 1 heterocycles. The van der Waals surface area contributed by atoms with E-state index in [4.69, 9.17) is 4.74 Å². The number of likely N-dealkylation sites (tertiary alicyclic amines) is 1. The predicted octanol–water partition coefficient (Wildman–Crippen LogP) is 5.65. The third-order valence-electron chi connectivity index (χ3n) is 5.39. The van der Waals surface area contributed by atoms with Crippen molar-refractivity contribution in [2.75, 3.05) is 13.1 Å². The van der Waals surface area contributed by atoms with Crippen LogP contribution in [0.2, 0.25) is 0 Å². The van der Waals surface area contributed by atoms with E-state index >= 15 is 8.78 Å². The molecule has 1 saturated heterocycles. The molecular formula is C23H25F4NO4S. The van der Waals surface area contributed by atoms with Crippen LogP contribution in [0, 0.1) is 17.6 Å². The molecule has 0 bridgehead atoms. The van der Waals surface area contributed by atoms with E-state index in [1.54, 1.807) is 20.8 Å². The summed E-state index contributed by atoms with van der Waals surface area (Å²) >= 11 is 0. The number of carbonyl (C=O) groups excluding carboxylic acids is 1. The van der Waals surface area contributed by atoms with Crippen LogP contribution < -0.4 is 0 Å². The van der Waals surface area contributed by atoms with E-state index in [-0.39, 0.29) is 37.1 Å². The molecule has 1 fully saturated rings. The van der Waals surface area contributed by atoms with Crippen LogP contribution in [0.15, 0.2) is 47.4 Å². The molecule has 33 heavy (non-hydrogen) atoms. The Kier molecular flexibility index (Phi) is 6.79. The van der Waals surface area contributed by atoms with Gasteiger partial charge in [-0.15, -0.1) is 0 Å². The molecule has 10 heteroatoms. The lowest BCUT2D eigenvalue weighted by atomic mass is 9.97. The average molecular weight is 488 g/mol. The highest BCUT2D eigenvalue weighted by Crippen LogP contribution is 2.41. The zero-order valence-corrected chi connectivity index (χ0v) is 19.3. The predicted molar refractivity (Wildman–Crippen MR) is 114 cm³/mol. The first-order chi connectivity index (χ1) is 15.2. The Labute approximate surface area is 190 Å². The molecule has 2 aromatic rings. The lowest BCUT2D eigenvalue weighted by Crippen LogP contribution is -2.47. The molecule has 0 N–H and O–H groups in total. The van der Waals surface area contributed by atoms with E-state index in [1.807, 2.05) is 0 Å². The fourth-order valence-corrected chi connectivity index (χ4v) is 5.12. The number of benzene rings is 2. The molecule has 180 valence electrons. The summed E-state index contributed by atoms with van der Waals surface area (Å²) in [6.45, 7) is 4.97. The minimum atomic E-state index is -5.04. The fraction of sp³-hybridized carbons (Fsp3) is 0.435. The Hall–Kier alpha value is -2.62. The largest absolute Gasteiger partial charge is 0.444 e. The van der Waals surface area contributed by atoms with Crippen LogP contribution in [0.25, 0.3) is 11.1 Å². The fourth-order valence-electron chi connectivity index (χ4n) is 3.64. The van der Waals surface area contributed by atoms with Gasteiger partial charge in [-0.3, -0.25) is 0 Å². The third-order valence-corrected chi connectivity index (χ3v) is 7.33. The van der Waals surface area contributed by atoms with Gasteiger partial charge >= 0.3 is 11.3 Å². The van der Waals surface area contributed by atoms with Crippen LogP contribution in [0.1, 0.15) is 33.6 Å². The van der Waals surface area contributed by atoms with Crippen molar-refractivity contribution in [3.8, 4) is 11.1 Å². The second kappa shape index (κ2) is 8.96. The maximum atomic E-state index is 15.1. The minimum absolute atomic E-state index is 0.0154. The van der Waals surface area contributed by atoms with Gasteiger partial charge in [-0.25, -0.2) is 22.0 Å². The van der Waals surface area contributed by atoms with Gasteiger partial charge < -0.3 is 9.64 Å². The molecule has 0 unspecified atom stereocenters. The Morgan fingerprint density at radius 3 is 2.09 bits per heavy atom. The third kappa shape index (κ3) is 5.31. The summed E-state index contributed by atoms with van der Waals surface area (Å²) in [5.74, 6) is -3.10. The van der Waals surface area contributed by atoms with E-state index in [1.165, 1.54) is 23.1 Å². The molecule has 2 aromatic carbocycles. The van der Waals surface area contributed by atoms with Crippen molar-refractivity contribution in [1.29, 1.82) is 0 Å². The van der Waals surface area contributed by atoms with Crippen molar-refractivity contribution in [2.24, 2.45) is 5.92 Å². The van der Waals surface area contributed by atoms with Gasteiger partial charge in [0.1, 0.15) is 17.2 Å². The van der Waals surface area contributed by atoms with Gasteiger partial charge in [-0.05, 0) is 63.4 Å². The summed E-state index contributed by atoms with van der Waals surface area (Å²) in [7, 11) is -5.04. The molecular weight excluding hydrogens is 462 g/mol. The first kappa shape index (κ1) is 25.0. The smallest absolute Gasteiger partial charge is 0.410 e. The SMILES string of the molecule is CC(C)(C)OC(=O)N1CCC(C(F)(F)S(=O)(=O)c2ccc(-c3ccc(F)cc3F)cc2)CC1. The van der Waals surface area contributed by atoms with Crippen molar-refractivity contribution in [3.63, 3.8) is 0 Å². The van der Waals surface area contributed by atoms with Crippen molar-refractivity contribution < 1.29 is 35.5 Å². The molecule has 0 aromatic heterocycles. The maximum Gasteiger partial charge on any atom is 0.410 e. The summed E-state index contributed by atoms with van der Waals surface area (Å²) in [5, 5.41) is -4.06. The molecule has 0 radical (unpaired) electrons. The van der Waals surface area contributed by atoms with Crippen LogP contribution in [0.3, 0.4) is 0 Å². The highest BCUT2D eigenvalue weighted by molar-refractivity contribution is 7.92. The van der Waals surface area contributed by atoms with Crippen LogP contribution in [0.4, 0.5) is 22.4 Å². The summed E-state index contributed by atoms with van der Waals surface area (Å²) in [4.78, 5) is 12.8. The van der Waals surface area contributed by atoms with Crippen LogP contribution in [0.5, 0.6) is 0 Å². The number of amides is 1. The number of carbonyl (C=O) groups is 1. The number of hydrogen-bond donors (Lipinski definition) is 0. The summed E-state index contributed by atoms with van der Waals surface area (Å²) in [6.07, 6.45) is -1.04. The molecule has 3 rings (SSSR count). The average Bonchev–Trinajstić information content (AvgIpc) is 2.72. The lowest BCUT2D eigenvalue weighted by Gasteiger charge is -2.36. The van der Waals surface area contributed by atoms with Gasteiger partial charge in [-0.2, -0.15) is 8.78 Å². The lowest BCUT2D eigenvalue weighted by molar-refractivity contribution is -0.0178. The second-order valence-electron chi connectivity index (χ2n) is 8.96. The van der Waals surface area contributed by atoms with Gasteiger partial charge in [-0.1, -0.05) is 12.1 Å². The van der Waals surface area contributed by atoms with Crippen LogP contribution >= 0.6 is 0 Å². The number of hydrogen-bond acceptors (Lipinski definition) is 4. The van der Waals surface area contributed by atoms with Gasteiger partial charge in [0, 0.05) is 30.6 Å². The number of alkyl halides is 2. The first-order valence-corrected chi connectivity index (χ1v) is 11.9. The van der Waals surface area contributed by atoms with Crippen molar-refractivity contribution in [2.45, 2.75) is 49.4 Å². The van der Waals surface area contributed by atoms with Gasteiger partial charge in [0.05, 0.1) is 4.90 Å². The highest BCUT2D eigenvalue weighted by Gasteiger charge is 2.53. The van der Waals surface area contributed by atoms with E-state index in [2.05, 4.69) is 0 Å². The number of rotatable bonds is 4. The summed E-state index contributed by atoms with van der Waals surface area (Å²) < 4.78 is 87.9. The van der Waals surface area contributed by atoms with E-state index in [0.29, 0.717) is 6.07 Å². The summed E-state index contributed by atoms with van der Waals surface area (Å²) in [5.41, 5.74) is -0.494. The summed E-state index contributed by atoms with van der Waals surface area (Å²) in [6, 6.07) is 7.27. The van der Waals surface area contributed by atoms with Gasteiger partial charge in [0.25, 0.3) is 0 Å². The van der Waals surface area contributed by atoms with Gasteiger partial charge in [0.15, 0.2) is 0 Å². The van der Waals surface area contributed by atoms with Gasteiger partial charge in [0.2, 0.25) is 9.84 Å². The Morgan fingerprint density at radius 2 is 1.58 bits per heavy atom. The van der Waals surface area contributed by atoms with Crippen molar-refractivity contribution in [1.82, 2.24) is 4.90 Å². The molecule has 0 spiro atoms. The number of ether oxygens (including phenoxy) is 1. The quantitative estimate of drug-likeness (QED) is 0.523. The van der Waals surface area contributed by atoms with Crippen molar-refractivity contribution in [3.05, 3.63) is 54.1 Å². The Morgan fingerprint density at radius 1 is 1.00 bits per heavy atom. The highest BCUT2D eigenvalue weighted by atomic mass is 32.2.